The Bertz CT molecular complexity index is 354. The third kappa shape index (κ3) is 3.24. The Morgan fingerprint density at radius 1 is 1.33 bits per heavy atom. The van der Waals surface area contributed by atoms with Crippen LogP contribution in [0.3, 0.4) is 0 Å². The van der Waals surface area contributed by atoms with E-state index in [-0.39, 0.29) is 24.9 Å². The lowest BCUT2D eigenvalue weighted by molar-refractivity contribution is -0.241. The molecule has 0 bridgehead atoms. The van der Waals surface area contributed by atoms with Gasteiger partial charge in [-0.1, -0.05) is 0 Å². The maximum Gasteiger partial charge on any atom is 0.210 e. The normalized spacial score (nSPS) is 34.1. The lowest BCUT2D eigenvalue weighted by Crippen LogP contribution is -2.57. The van der Waals surface area contributed by atoms with Gasteiger partial charge in [0.1, 0.15) is 18.9 Å². The summed E-state index contributed by atoms with van der Waals surface area (Å²) in [5, 5.41) is 20.6. The van der Waals surface area contributed by atoms with Gasteiger partial charge in [-0.2, -0.15) is 0 Å². The van der Waals surface area contributed by atoms with Gasteiger partial charge in [-0.3, -0.25) is 4.90 Å². The standard InChI is InChI=1S/C14H27NO6/c1-13(2,3)21-7-10(17)15-6-9(16)11-12(15)14(18-4,19-5)8-20-11/h9-12,16-17H,6-8H2,1-5H3. The number of aliphatic hydroxyl groups is 2. The summed E-state index contributed by atoms with van der Waals surface area (Å²) >= 11 is 0. The van der Waals surface area contributed by atoms with Crippen LogP contribution < -0.4 is 0 Å². The van der Waals surface area contributed by atoms with Crippen LogP contribution in [0.5, 0.6) is 0 Å². The van der Waals surface area contributed by atoms with Crippen molar-refractivity contribution in [3.8, 4) is 0 Å². The summed E-state index contributed by atoms with van der Waals surface area (Å²) in [5.41, 5.74) is -0.343. The second-order valence-corrected chi connectivity index (χ2v) is 6.61. The maximum absolute atomic E-state index is 10.4. The smallest absolute Gasteiger partial charge is 0.210 e. The molecule has 0 amide bonds. The van der Waals surface area contributed by atoms with Gasteiger partial charge in [-0.25, -0.2) is 0 Å². The van der Waals surface area contributed by atoms with E-state index in [0.717, 1.165) is 0 Å². The molecular formula is C14H27NO6. The maximum atomic E-state index is 10.4. The lowest BCUT2D eigenvalue weighted by Gasteiger charge is -2.38. The number of ether oxygens (including phenoxy) is 4. The second-order valence-electron chi connectivity index (χ2n) is 6.61. The van der Waals surface area contributed by atoms with E-state index >= 15 is 0 Å². The summed E-state index contributed by atoms with van der Waals surface area (Å²) < 4.78 is 22.2. The molecule has 0 saturated carbocycles. The molecule has 2 rings (SSSR count). The fourth-order valence-electron chi connectivity index (χ4n) is 3.01. The minimum absolute atomic E-state index is 0.142. The second kappa shape index (κ2) is 6.08. The molecule has 4 atom stereocenters. The Balaban J connectivity index is 2.12. The molecule has 2 aliphatic heterocycles. The van der Waals surface area contributed by atoms with Crippen molar-refractivity contribution in [2.24, 2.45) is 0 Å². The van der Waals surface area contributed by atoms with Crippen LogP contribution in [0.2, 0.25) is 0 Å². The van der Waals surface area contributed by atoms with Crippen LogP contribution in [-0.2, 0) is 18.9 Å². The van der Waals surface area contributed by atoms with Crippen molar-refractivity contribution in [1.82, 2.24) is 4.90 Å². The molecule has 0 aromatic carbocycles. The number of hydrogen-bond acceptors (Lipinski definition) is 7. The first-order valence-electron chi connectivity index (χ1n) is 7.22. The first-order valence-corrected chi connectivity index (χ1v) is 7.22. The summed E-state index contributed by atoms with van der Waals surface area (Å²) in [6.45, 7) is 6.43. The molecule has 2 N–H and O–H groups in total. The van der Waals surface area contributed by atoms with Crippen LogP contribution in [0.4, 0.5) is 0 Å². The molecule has 4 unspecified atom stereocenters. The van der Waals surface area contributed by atoms with E-state index in [0.29, 0.717) is 6.54 Å². The number of aliphatic hydroxyl groups excluding tert-OH is 2. The molecule has 2 saturated heterocycles. The number of nitrogens with zero attached hydrogens (tertiary/aromatic N) is 1. The van der Waals surface area contributed by atoms with Gasteiger partial charge in [0.05, 0.1) is 24.4 Å². The van der Waals surface area contributed by atoms with Gasteiger partial charge in [0, 0.05) is 20.8 Å². The van der Waals surface area contributed by atoms with Crippen LogP contribution in [0, 0.1) is 0 Å². The molecule has 2 heterocycles. The molecule has 0 aromatic heterocycles. The van der Waals surface area contributed by atoms with Crippen LogP contribution >= 0.6 is 0 Å². The molecule has 0 radical (unpaired) electrons. The molecule has 0 aliphatic carbocycles. The average Bonchev–Trinajstić information content (AvgIpc) is 2.95. The zero-order chi connectivity index (χ0) is 15.8. The van der Waals surface area contributed by atoms with Gasteiger partial charge in [0.25, 0.3) is 0 Å². The van der Waals surface area contributed by atoms with Gasteiger partial charge in [0.15, 0.2) is 0 Å². The van der Waals surface area contributed by atoms with E-state index in [1.54, 1.807) is 4.90 Å². The zero-order valence-corrected chi connectivity index (χ0v) is 13.4. The van der Waals surface area contributed by atoms with Gasteiger partial charge in [-0.05, 0) is 20.8 Å². The van der Waals surface area contributed by atoms with Gasteiger partial charge < -0.3 is 29.2 Å². The van der Waals surface area contributed by atoms with Crippen molar-refractivity contribution < 1.29 is 29.2 Å². The average molecular weight is 305 g/mol. The first-order chi connectivity index (χ1) is 9.74. The summed E-state index contributed by atoms with van der Waals surface area (Å²) in [5.74, 6) is -0.981. The van der Waals surface area contributed by atoms with E-state index < -0.39 is 24.2 Å². The monoisotopic (exact) mass is 305 g/mol. The van der Waals surface area contributed by atoms with Crippen LogP contribution in [0.15, 0.2) is 0 Å². The van der Waals surface area contributed by atoms with Crippen molar-refractivity contribution in [2.45, 2.75) is 56.6 Å². The van der Waals surface area contributed by atoms with E-state index in [2.05, 4.69) is 0 Å². The molecular weight excluding hydrogens is 278 g/mol. The highest BCUT2D eigenvalue weighted by Crippen LogP contribution is 2.39. The Morgan fingerprint density at radius 3 is 2.48 bits per heavy atom. The van der Waals surface area contributed by atoms with Crippen molar-refractivity contribution in [3.63, 3.8) is 0 Å². The first kappa shape index (κ1) is 17.1. The molecule has 7 nitrogen and oxygen atoms in total. The quantitative estimate of drug-likeness (QED) is 0.666. The number of likely N-dealkylation sites (tertiary alicyclic amines) is 1. The number of fused-ring (bicyclic) bond motifs is 1. The molecule has 7 heteroatoms. The Labute approximate surface area is 125 Å². The number of hydrogen-bond donors (Lipinski definition) is 2. The largest absolute Gasteiger partial charge is 0.389 e. The molecule has 2 fully saturated rings. The Hall–Kier alpha value is -0.280. The molecule has 2 aliphatic rings. The zero-order valence-electron chi connectivity index (χ0n) is 13.4. The summed E-state index contributed by atoms with van der Waals surface area (Å²) in [6, 6.07) is -0.374. The molecule has 21 heavy (non-hydrogen) atoms. The minimum Gasteiger partial charge on any atom is -0.389 e. The Kier molecular flexibility index (Phi) is 4.94. The predicted molar refractivity (Wildman–Crippen MR) is 74.7 cm³/mol. The minimum atomic E-state index is -0.981. The van der Waals surface area contributed by atoms with Crippen molar-refractivity contribution in [1.29, 1.82) is 0 Å². The van der Waals surface area contributed by atoms with Crippen LogP contribution in [-0.4, -0.2) is 85.0 Å². The third-order valence-electron chi connectivity index (χ3n) is 4.11. The SMILES string of the molecule is COC1(OC)COC2C(O)CN(C(O)COC(C)(C)C)C21. The van der Waals surface area contributed by atoms with E-state index in [9.17, 15) is 10.2 Å². The van der Waals surface area contributed by atoms with E-state index in [1.807, 2.05) is 20.8 Å². The van der Waals surface area contributed by atoms with Crippen LogP contribution in [0.1, 0.15) is 20.8 Å². The molecule has 124 valence electrons. The highest BCUT2D eigenvalue weighted by molar-refractivity contribution is 5.07. The fraction of sp³-hybridized carbons (Fsp3) is 1.00. The Morgan fingerprint density at radius 2 is 1.95 bits per heavy atom. The van der Waals surface area contributed by atoms with Crippen LogP contribution in [0.25, 0.3) is 0 Å². The topological polar surface area (TPSA) is 80.6 Å². The summed E-state index contributed by atoms with van der Waals surface area (Å²) in [7, 11) is 3.08. The number of methoxy groups -OCH3 is 2. The highest BCUT2D eigenvalue weighted by Gasteiger charge is 2.61. The van der Waals surface area contributed by atoms with Crippen molar-refractivity contribution in [3.05, 3.63) is 0 Å². The predicted octanol–water partition coefficient (Wildman–Crippen LogP) is -0.447. The van der Waals surface area contributed by atoms with Gasteiger partial charge in [-0.15, -0.1) is 0 Å². The van der Waals surface area contributed by atoms with Crippen molar-refractivity contribution >= 4 is 0 Å². The third-order valence-corrected chi connectivity index (χ3v) is 4.11. The van der Waals surface area contributed by atoms with Gasteiger partial charge in [0.2, 0.25) is 5.79 Å². The van der Waals surface area contributed by atoms with E-state index in [4.69, 9.17) is 18.9 Å². The summed E-state index contributed by atoms with van der Waals surface area (Å²) in [6.07, 6.45) is -1.99. The number of β-amino-alcohol motifs (C(OH)–C–C–N with tert-alkyl or cyclic N) is 1. The van der Waals surface area contributed by atoms with Crippen molar-refractivity contribution in [2.75, 3.05) is 34.0 Å². The van der Waals surface area contributed by atoms with E-state index in [1.165, 1.54) is 14.2 Å². The molecule has 0 spiro atoms. The molecule has 0 aromatic rings. The lowest BCUT2D eigenvalue weighted by atomic mass is 10.0. The van der Waals surface area contributed by atoms with Gasteiger partial charge >= 0.3 is 0 Å². The fourth-order valence-corrected chi connectivity index (χ4v) is 3.01. The highest BCUT2D eigenvalue weighted by atomic mass is 16.7. The summed E-state index contributed by atoms with van der Waals surface area (Å²) in [4.78, 5) is 1.74. The number of rotatable bonds is 5.